The Bertz CT molecular complexity index is 679. The molecule has 1 aliphatic rings. The molecule has 0 aliphatic carbocycles. The van der Waals surface area contributed by atoms with Gasteiger partial charge in [-0.2, -0.15) is 0 Å². The Labute approximate surface area is 140 Å². The van der Waals surface area contributed by atoms with Crippen molar-refractivity contribution in [2.75, 3.05) is 18.0 Å². The summed E-state index contributed by atoms with van der Waals surface area (Å²) in [4.78, 5) is 13.3. The highest BCUT2D eigenvalue weighted by Gasteiger charge is 2.22. The van der Waals surface area contributed by atoms with E-state index in [2.05, 4.69) is 4.90 Å². The number of carbonyl (C=O) groups excluding carboxylic acids is 1. The van der Waals surface area contributed by atoms with E-state index in [1.165, 1.54) is 6.07 Å². The lowest BCUT2D eigenvalue weighted by molar-refractivity contribution is 0.112. The third kappa shape index (κ3) is 3.77. The summed E-state index contributed by atoms with van der Waals surface area (Å²) in [6.45, 7) is 1.56. The first-order chi connectivity index (χ1) is 11.2. The van der Waals surface area contributed by atoms with Gasteiger partial charge in [0.2, 0.25) is 0 Å². The molecule has 0 radical (unpaired) electrons. The average molecular weight is 332 g/mol. The van der Waals surface area contributed by atoms with Crippen molar-refractivity contribution in [2.45, 2.75) is 18.9 Å². The molecule has 0 bridgehead atoms. The summed E-state index contributed by atoms with van der Waals surface area (Å²) < 4.78 is 5.97. The SMILES string of the molecule is O=Cc1ccc(O)cc1N1CCC(Oc2ccc(Cl)cc2)CC1. The minimum absolute atomic E-state index is 0.143. The molecule has 1 aliphatic heterocycles. The van der Waals surface area contributed by atoms with Crippen molar-refractivity contribution in [2.24, 2.45) is 0 Å². The van der Waals surface area contributed by atoms with E-state index < -0.39 is 0 Å². The average Bonchev–Trinajstić information content (AvgIpc) is 2.58. The molecule has 2 aromatic rings. The van der Waals surface area contributed by atoms with Gasteiger partial charge in [0.15, 0.2) is 6.29 Å². The molecule has 0 unspecified atom stereocenters. The molecule has 0 spiro atoms. The van der Waals surface area contributed by atoms with Gasteiger partial charge in [0.25, 0.3) is 0 Å². The van der Waals surface area contributed by atoms with E-state index in [-0.39, 0.29) is 11.9 Å². The molecule has 23 heavy (non-hydrogen) atoms. The van der Waals surface area contributed by atoms with Crippen molar-refractivity contribution >= 4 is 23.6 Å². The van der Waals surface area contributed by atoms with Gasteiger partial charge >= 0.3 is 0 Å². The van der Waals surface area contributed by atoms with Gasteiger partial charge in [-0.15, -0.1) is 0 Å². The largest absolute Gasteiger partial charge is 0.508 e. The van der Waals surface area contributed by atoms with Crippen LogP contribution < -0.4 is 9.64 Å². The molecule has 1 saturated heterocycles. The highest BCUT2D eigenvalue weighted by Crippen LogP contribution is 2.28. The molecule has 0 saturated carbocycles. The van der Waals surface area contributed by atoms with Crippen molar-refractivity contribution in [1.29, 1.82) is 0 Å². The van der Waals surface area contributed by atoms with Crippen LogP contribution >= 0.6 is 11.6 Å². The fourth-order valence-corrected chi connectivity index (χ4v) is 2.95. The number of hydrogen-bond donors (Lipinski definition) is 1. The second kappa shape index (κ2) is 6.92. The molecule has 0 atom stereocenters. The van der Waals surface area contributed by atoms with E-state index in [9.17, 15) is 9.90 Å². The molecule has 1 heterocycles. The Morgan fingerprint density at radius 2 is 1.83 bits per heavy atom. The minimum atomic E-state index is 0.143. The molecular formula is C18H18ClNO3. The number of halogens is 1. The molecule has 120 valence electrons. The summed E-state index contributed by atoms with van der Waals surface area (Å²) in [5.74, 6) is 0.990. The quantitative estimate of drug-likeness (QED) is 0.863. The van der Waals surface area contributed by atoms with Crippen LogP contribution in [0.1, 0.15) is 23.2 Å². The number of piperidine rings is 1. The number of phenolic OH excluding ortho intramolecular Hbond substituents is 1. The van der Waals surface area contributed by atoms with Gasteiger partial charge in [0, 0.05) is 42.6 Å². The van der Waals surface area contributed by atoms with Gasteiger partial charge in [0.05, 0.1) is 5.69 Å². The lowest BCUT2D eigenvalue weighted by Crippen LogP contribution is -2.38. The zero-order valence-electron chi connectivity index (χ0n) is 12.6. The van der Waals surface area contributed by atoms with Crippen LogP contribution in [-0.2, 0) is 0 Å². The predicted molar refractivity (Wildman–Crippen MR) is 90.8 cm³/mol. The van der Waals surface area contributed by atoms with Gasteiger partial charge in [0.1, 0.15) is 17.6 Å². The first-order valence-electron chi connectivity index (χ1n) is 7.61. The van der Waals surface area contributed by atoms with Crippen LogP contribution in [0.2, 0.25) is 5.02 Å². The molecule has 4 nitrogen and oxygen atoms in total. The van der Waals surface area contributed by atoms with Crippen molar-refractivity contribution < 1.29 is 14.6 Å². The van der Waals surface area contributed by atoms with Crippen molar-refractivity contribution in [3.05, 3.63) is 53.1 Å². The number of benzene rings is 2. The number of ether oxygens (including phenoxy) is 1. The summed E-state index contributed by atoms with van der Waals surface area (Å²) in [5, 5.41) is 10.3. The number of rotatable bonds is 4. The number of carbonyl (C=O) groups is 1. The third-order valence-corrected chi connectivity index (χ3v) is 4.29. The molecular weight excluding hydrogens is 314 g/mol. The zero-order valence-corrected chi connectivity index (χ0v) is 13.4. The minimum Gasteiger partial charge on any atom is -0.508 e. The molecule has 1 fully saturated rings. The maximum atomic E-state index is 11.2. The second-order valence-electron chi connectivity index (χ2n) is 5.62. The van der Waals surface area contributed by atoms with Crippen LogP contribution in [0.5, 0.6) is 11.5 Å². The summed E-state index contributed by atoms with van der Waals surface area (Å²) >= 11 is 5.87. The van der Waals surface area contributed by atoms with Crippen LogP contribution in [0.4, 0.5) is 5.69 Å². The van der Waals surface area contributed by atoms with E-state index in [1.807, 2.05) is 24.3 Å². The Hall–Kier alpha value is -2.20. The summed E-state index contributed by atoms with van der Waals surface area (Å²) in [6.07, 6.45) is 2.68. The van der Waals surface area contributed by atoms with Crippen LogP contribution in [0, 0.1) is 0 Å². The summed E-state index contributed by atoms with van der Waals surface area (Å²) in [6, 6.07) is 12.2. The van der Waals surface area contributed by atoms with E-state index >= 15 is 0 Å². The van der Waals surface area contributed by atoms with Gasteiger partial charge in [-0.1, -0.05) is 11.6 Å². The second-order valence-corrected chi connectivity index (χ2v) is 6.06. The standard InChI is InChI=1S/C18H18ClNO3/c19-14-2-5-16(6-3-14)23-17-7-9-20(10-8-17)18-11-15(22)4-1-13(18)12-21/h1-6,11-12,17,22H,7-10H2. The van der Waals surface area contributed by atoms with E-state index in [4.69, 9.17) is 16.3 Å². The van der Waals surface area contributed by atoms with Gasteiger partial charge in [-0.25, -0.2) is 0 Å². The maximum absolute atomic E-state index is 11.2. The molecule has 0 aromatic heterocycles. The zero-order chi connectivity index (χ0) is 16.2. The highest BCUT2D eigenvalue weighted by molar-refractivity contribution is 6.30. The van der Waals surface area contributed by atoms with Crippen molar-refractivity contribution in [1.82, 2.24) is 0 Å². The highest BCUT2D eigenvalue weighted by atomic mass is 35.5. The Morgan fingerprint density at radius 3 is 2.48 bits per heavy atom. The fourth-order valence-electron chi connectivity index (χ4n) is 2.83. The van der Waals surface area contributed by atoms with Gasteiger partial charge in [-0.3, -0.25) is 4.79 Å². The number of nitrogens with zero attached hydrogens (tertiary/aromatic N) is 1. The van der Waals surface area contributed by atoms with Crippen LogP contribution in [0.3, 0.4) is 0 Å². The molecule has 2 aromatic carbocycles. The number of hydrogen-bond acceptors (Lipinski definition) is 4. The molecule has 5 heteroatoms. The van der Waals surface area contributed by atoms with Gasteiger partial charge in [-0.05, 0) is 36.4 Å². The number of aromatic hydroxyl groups is 1. The summed E-state index contributed by atoms with van der Waals surface area (Å²) in [7, 11) is 0. The van der Waals surface area contributed by atoms with Crippen LogP contribution in [0.25, 0.3) is 0 Å². The van der Waals surface area contributed by atoms with Crippen LogP contribution in [0.15, 0.2) is 42.5 Å². The van der Waals surface area contributed by atoms with Crippen molar-refractivity contribution in [3.8, 4) is 11.5 Å². The fraction of sp³-hybridized carbons (Fsp3) is 0.278. The van der Waals surface area contributed by atoms with Crippen LogP contribution in [-0.4, -0.2) is 30.6 Å². The Kier molecular flexibility index (Phi) is 4.72. The Balaban J connectivity index is 1.63. The normalized spacial score (nSPS) is 15.4. The van der Waals surface area contributed by atoms with Crippen molar-refractivity contribution in [3.63, 3.8) is 0 Å². The topological polar surface area (TPSA) is 49.8 Å². The lowest BCUT2D eigenvalue weighted by atomic mass is 10.0. The molecule has 1 N–H and O–H groups in total. The summed E-state index contributed by atoms with van der Waals surface area (Å²) in [5.41, 5.74) is 1.38. The predicted octanol–water partition coefficient (Wildman–Crippen LogP) is 3.91. The van der Waals surface area contributed by atoms with E-state index in [1.54, 1.807) is 12.1 Å². The third-order valence-electron chi connectivity index (χ3n) is 4.04. The van der Waals surface area contributed by atoms with E-state index in [0.29, 0.717) is 10.6 Å². The smallest absolute Gasteiger partial charge is 0.152 e. The number of phenols is 1. The molecule has 3 rings (SSSR count). The monoisotopic (exact) mass is 331 g/mol. The van der Waals surface area contributed by atoms with E-state index in [0.717, 1.165) is 43.7 Å². The molecule has 0 amide bonds. The maximum Gasteiger partial charge on any atom is 0.152 e. The van der Waals surface area contributed by atoms with Gasteiger partial charge < -0.3 is 14.7 Å². The lowest BCUT2D eigenvalue weighted by Gasteiger charge is -2.34. The first kappa shape index (κ1) is 15.7. The number of anilines is 1. The first-order valence-corrected chi connectivity index (χ1v) is 7.99. The number of aldehydes is 1. The Morgan fingerprint density at radius 1 is 1.13 bits per heavy atom.